The number of para-hydroxylation sites is 1. The molecule has 0 aliphatic rings. The normalized spacial score (nSPS) is 13.4. The quantitative estimate of drug-likeness (QED) is 0.874. The predicted octanol–water partition coefficient (Wildman–Crippen LogP) is 3.85. The van der Waals surface area contributed by atoms with Gasteiger partial charge in [0.15, 0.2) is 0 Å². The molecule has 0 aliphatic heterocycles. The van der Waals surface area contributed by atoms with E-state index >= 15 is 0 Å². The Bertz CT molecular complexity index is 387. The van der Waals surface area contributed by atoms with Crippen molar-refractivity contribution in [1.82, 2.24) is 0 Å². The van der Waals surface area contributed by atoms with Crippen LogP contribution < -0.4 is 5.32 Å². The molecule has 0 heterocycles. The van der Waals surface area contributed by atoms with Gasteiger partial charge >= 0.3 is 6.18 Å². The highest BCUT2D eigenvalue weighted by atomic mass is 19.4. The van der Waals surface area contributed by atoms with Gasteiger partial charge in [0.1, 0.15) is 0 Å². The Kier molecular flexibility index (Phi) is 4.76. The highest BCUT2D eigenvalue weighted by molar-refractivity contribution is 5.90. The number of alkyl halides is 3. The molecule has 1 atom stereocenters. The Labute approximate surface area is 104 Å². The highest BCUT2D eigenvalue weighted by Crippen LogP contribution is 2.34. The van der Waals surface area contributed by atoms with E-state index in [9.17, 15) is 18.0 Å². The standard InChI is InChI=1S/C13H16F3NO/c1-9(2)11(13(14,15)16)8-12(18)17-10-6-4-3-5-7-10/h3-7,9,11H,8H2,1-2H3,(H,17,18). The molecule has 0 aliphatic carbocycles. The first-order chi connectivity index (χ1) is 8.30. The Morgan fingerprint density at radius 2 is 1.78 bits per heavy atom. The molecule has 2 nitrogen and oxygen atoms in total. The minimum atomic E-state index is -4.35. The second-order valence-electron chi connectivity index (χ2n) is 4.51. The van der Waals surface area contributed by atoms with E-state index in [4.69, 9.17) is 0 Å². The van der Waals surface area contributed by atoms with Crippen LogP contribution in [0.3, 0.4) is 0 Å². The van der Waals surface area contributed by atoms with Crippen molar-refractivity contribution in [2.75, 3.05) is 5.32 Å². The summed E-state index contributed by atoms with van der Waals surface area (Å²) in [7, 11) is 0. The molecule has 1 amide bonds. The van der Waals surface area contributed by atoms with Crippen molar-refractivity contribution in [3.8, 4) is 0 Å². The second kappa shape index (κ2) is 5.89. The van der Waals surface area contributed by atoms with Crippen LogP contribution in [0.1, 0.15) is 20.3 Å². The molecule has 0 bridgehead atoms. The number of amides is 1. The first-order valence-corrected chi connectivity index (χ1v) is 5.72. The molecule has 18 heavy (non-hydrogen) atoms. The fourth-order valence-corrected chi connectivity index (χ4v) is 1.66. The molecular weight excluding hydrogens is 243 g/mol. The van der Waals surface area contributed by atoms with E-state index in [0.29, 0.717) is 5.69 Å². The number of benzene rings is 1. The summed E-state index contributed by atoms with van der Waals surface area (Å²) in [4.78, 5) is 11.6. The Balaban J connectivity index is 2.63. The lowest BCUT2D eigenvalue weighted by molar-refractivity contribution is -0.188. The van der Waals surface area contributed by atoms with Gasteiger partial charge in [-0.2, -0.15) is 13.2 Å². The fraction of sp³-hybridized carbons (Fsp3) is 0.462. The van der Waals surface area contributed by atoms with Crippen LogP contribution in [0.25, 0.3) is 0 Å². The average molecular weight is 259 g/mol. The number of halogens is 3. The van der Waals surface area contributed by atoms with Gasteiger partial charge in [-0.15, -0.1) is 0 Å². The maximum atomic E-state index is 12.7. The Morgan fingerprint density at radius 3 is 2.22 bits per heavy atom. The summed E-state index contributed by atoms with van der Waals surface area (Å²) in [6.45, 7) is 2.93. The van der Waals surface area contributed by atoms with Crippen molar-refractivity contribution in [2.24, 2.45) is 11.8 Å². The maximum Gasteiger partial charge on any atom is 0.392 e. The number of carbonyl (C=O) groups excluding carboxylic acids is 1. The molecule has 1 rings (SSSR count). The molecule has 5 heteroatoms. The minimum absolute atomic E-state index is 0.507. The molecule has 0 spiro atoms. The third kappa shape index (κ3) is 4.39. The van der Waals surface area contributed by atoms with Crippen LogP contribution in [0, 0.1) is 11.8 Å². The van der Waals surface area contributed by atoms with Crippen molar-refractivity contribution >= 4 is 11.6 Å². The third-order valence-corrected chi connectivity index (χ3v) is 2.69. The van der Waals surface area contributed by atoms with E-state index in [-0.39, 0.29) is 0 Å². The van der Waals surface area contributed by atoms with Gasteiger partial charge in [-0.05, 0) is 18.1 Å². The van der Waals surface area contributed by atoms with Crippen molar-refractivity contribution in [2.45, 2.75) is 26.4 Å². The van der Waals surface area contributed by atoms with Gasteiger partial charge in [-0.3, -0.25) is 4.79 Å². The smallest absolute Gasteiger partial charge is 0.326 e. The van der Waals surface area contributed by atoms with E-state index in [1.165, 1.54) is 13.8 Å². The van der Waals surface area contributed by atoms with Crippen LogP contribution >= 0.6 is 0 Å². The molecule has 0 radical (unpaired) electrons. The monoisotopic (exact) mass is 259 g/mol. The van der Waals surface area contributed by atoms with Gasteiger partial charge in [0.25, 0.3) is 0 Å². The number of anilines is 1. The fourth-order valence-electron chi connectivity index (χ4n) is 1.66. The number of nitrogens with one attached hydrogen (secondary N) is 1. The van der Waals surface area contributed by atoms with Gasteiger partial charge in [0, 0.05) is 12.1 Å². The molecule has 1 aromatic carbocycles. The van der Waals surface area contributed by atoms with E-state index in [1.807, 2.05) is 0 Å². The summed E-state index contributed by atoms with van der Waals surface area (Å²) in [5, 5.41) is 2.46. The van der Waals surface area contributed by atoms with E-state index in [2.05, 4.69) is 5.32 Å². The van der Waals surface area contributed by atoms with Gasteiger partial charge in [0.2, 0.25) is 5.91 Å². The predicted molar refractivity (Wildman–Crippen MR) is 64.1 cm³/mol. The molecule has 1 N–H and O–H groups in total. The molecule has 0 saturated heterocycles. The maximum absolute atomic E-state index is 12.7. The average Bonchev–Trinajstić information content (AvgIpc) is 2.25. The zero-order valence-electron chi connectivity index (χ0n) is 10.3. The largest absolute Gasteiger partial charge is 0.392 e. The number of rotatable bonds is 4. The van der Waals surface area contributed by atoms with E-state index < -0.39 is 30.3 Å². The van der Waals surface area contributed by atoms with Crippen molar-refractivity contribution < 1.29 is 18.0 Å². The molecule has 0 fully saturated rings. The lowest BCUT2D eigenvalue weighted by atomic mass is 9.91. The summed E-state index contributed by atoms with van der Waals surface area (Å²) in [5.74, 6) is -2.84. The first kappa shape index (κ1) is 14.5. The van der Waals surface area contributed by atoms with Crippen LogP contribution in [-0.2, 0) is 4.79 Å². The Hall–Kier alpha value is -1.52. The lowest BCUT2D eigenvalue weighted by Crippen LogP contribution is -2.31. The third-order valence-electron chi connectivity index (χ3n) is 2.69. The second-order valence-corrected chi connectivity index (χ2v) is 4.51. The molecular formula is C13H16F3NO. The summed E-state index contributed by atoms with van der Waals surface area (Å²) >= 11 is 0. The van der Waals surface area contributed by atoms with E-state index in [1.54, 1.807) is 30.3 Å². The molecule has 0 aromatic heterocycles. The first-order valence-electron chi connectivity index (χ1n) is 5.72. The van der Waals surface area contributed by atoms with Crippen LogP contribution in [-0.4, -0.2) is 12.1 Å². The van der Waals surface area contributed by atoms with Crippen LogP contribution in [0.5, 0.6) is 0 Å². The van der Waals surface area contributed by atoms with Gasteiger partial charge in [-0.25, -0.2) is 0 Å². The van der Waals surface area contributed by atoms with Crippen LogP contribution in [0.2, 0.25) is 0 Å². The number of hydrogen-bond acceptors (Lipinski definition) is 1. The topological polar surface area (TPSA) is 29.1 Å². The van der Waals surface area contributed by atoms with Gasteiger partial charge in [-0.1, -0.05) is 32.0 Å². The number of carbonyl (C=O) groups is 1. The molecule has 1 aromatic rings. The van der Waals surface area contributed by atoms with Gasteiger partial charge < -0.3 is 5.32 Å². The summed E-state index contributed by atoms with van der Waals surface area (Å²) in [6, 6.07) is 8.45. The SMILES string of the molecule is CC(C)C(CC(=O)Nc1ccccc1)C(F)(F)F. The Morgan fingerprint density at radius 1 is 1.22 bits per heavy atom. The molecule has 0 saturated carbocycles. The van der Waals surface area contributed by atoms with Crippen molar-refractivity contribution in [1.29, 1.82) is 0 Å². The summed E-state index contributed by atoms with van der Waals surface area (Å²) in [6.07, 6.45) is -4.89. The highest BCUT2D eigenvalue weighted by Gasteiger charge is 2.42. The summed E-state index contributed by atoms with van der Waals surface area (Å²) < 4.78 is 38.1. The van der Waals surface area contributed by atoms with E-state index in [0.717, 1.165) is 0 Å². The molecule has 1 unspecified atom stereocenters. The van der Waals surface area contributed by atoms with Crippen molar-refractivity contribution in [3.63, 3.8) is 0 Å². The molecule has 100 valence electrons. The van der Waals surface area contributed by atoms with Gasteiger partial charge in [0.05, 0.1) is 5.92 Å². The lowest BCUT2D eigenvalue weighted by Gasteiger charge is -2.23. The zero-order chi connectivity index (χ0) is 13.8. The zero-order valence-corrected chi connectivity index (χ0v) is 10.3. The number of hydrogen-bond donors (Lipinski definition) is 1. The minimum Gasteiger partial charge on any atom is -0.326 e. The summed E-state index contributed by atoms with van der Waals surface area (Å²) in [5.41, 5.74) is 0.507. The van der Waals surface area contributed by atoms with Crippen LogP contribution in [0.15, 0.2) is 30.3 Å². The van der Waals surface area contributed by atoms with Crippen LogP contribution in [0.4, 0.5) is 18.9 Å². The van der Waals surface area contributed by atoms with Crippen molar-refractivity contribution in [3.05, 3.63) is 30.3 Å².